The molecule has 1 aliphatic carbocycles. The standard InChI is InChI=1S/C16H31N3O/c1-5-18-16(13-17)8-6-7-15(11-16)19(9-10-20-4)12-14(2)3/h14-15,18H,5-12H2,1-4H3. The van der Waals surface area contributed by atoms with Crippen molar-refractivity contribution in [1.29, 1.82) is 5.26 Å². The highest BCUT2D eigenvalue weighted by Crippen LogP contribution is 2.31. The highest BCUT2D eigenvalue weighted by molar-refractivity contribution is 5.11. The van der Waals surface area contributed by atoms with E-state index >= 15 is 0 Å². The van der Waals surface area contributed by atoms with Gasteiger partial charge in [0.05, 0.1) is 12.7 Å². The van der Waals surface area contributed by atoms with E-state index in [1.165, 1.54) is 6.42 Å². The number of nitrogens with one attached hydrogen (secondary N) is 1. The Bertz CT molecular complexity index is 309. The average Bonchev–Trinajstić information content (AvgIpc) is 2.43. The molecule has 0 aliphatic heterocycles. The van der Waals surface area contributed by atoms with Crippen LogP contribution >= 0.6 is 0 Å². The fourth-order valence-electron chi connectivity index (χ4n) is 3.30. The number of hydrogen-bond donors (Lipinski definition) is 1. The van der Waals surface area contributed by atoms with Gasteiger partial charge in [-0.3, -0.25) is 10.2 Å². The second kappa shape index (κ2) is 8.61. The molecule has 1 fully saturated rings. The largest absolute Gasteiger partial charge is 0.383 e. The molecular formula is C16H31N3O. The van der Waals surface area contributed by atoms with E-state index in [0.717, 1.165) is 45.5 Å². The van der Waals surface area contributed by atoms with E-state index in [1.54, 1.807) is 7.11 Å². The van der Waals surface area contributed by atoms with Crippen LogP contribution in [0.25, 0.3) is 0 Å². The van der Waals surface area contributed by atoms with Crippen molar-refractivity contribution in [2.24, 2.45) is 5.92 Å². The Morgan fingerprint density at radius 2 is 2.25 bits per heavy atom. The highest BCUT2D eigenvalue weighted by atomic mass is 16.5. The molecule has 0 aromatic heterocycles. The van der Waals surface area contributed by atoms with E-state index in [2.05, 4.69) is 37.1 Å². The zero-order valence-corrected chi connectivity index (χ0v) is 13.6. The first-order valence-electron chi connectivity index (χ1n) is 7.96. The Labute approximate surface area is 124 Å². The summed E-state index contributed by atoms with van der Waals surface area (Å²) in [5.41, 5.74) is -0.319. The zero-order valence-electron chi connectivity index (χ0n) is 13.6. The summed E-state index contributed by atoms with van der Waals surface area (Å²) in [4.78, 5) is 2.52. The summed E-state index contributed by atoms with van der Waals surface area (Å²) in [6.45, 7) is 10.3. The van der Waals surface area contributed by atoms with Gasteiger partial charge in [-0.15, -0.1) is 0 Å². The molecule has 1 saturated carbocycles. The first kappa shape index (κ1) is 17.4. The third-order valence-corrected chi connectivity index (χ3v) is 4.15. The lowest BCUT2D eigenvalue weighted by molar-refractivity contribution is 0.0756. The lowest BCUT2D eigenvalue weighted by Crippen LogP contribution is -2.53. The maximum atomic E-state index is 9.57. The second-order valence-corrected chi connectivity index (χ2v) is 6.36. The second-order valence-electron chi connectivity index (χ2n) is 6.36. The Hall–Kier alpha value is -0.630. The highest BCUT2D eigenvalue weighted by Gasteiger charge is 2.37. The van der Waals surface area contributed by atoms with Crippen LogP contribution in [0.15, 0.2) is 0 Å². The number of nitrogens with zero attached hydrogens (tertiary/aromatic N) is 2. The van der Waals surface area contributed by atoms with Crippen molar-refractivity contribution < 1.29 is 4.74 Å². The first-order valence-corrected chi connectivity index (χ1v) is 7.96. The zero-order chi connectivity index (χ0) is 15.0. The van der Waals surface area contributed by atoms with Gasteiger partial charge < -0.3 is 4.74 Å². The van der Waals surface area contributed by atoms with Crippen molar-refractivity contribution in [3.8, 4) is 6.07 Å². The summed E-state index contributed by atoms with van der Waals surface area (Å²) in [7, 11) is 1.76. The van der Waals surface area contributed by atoms with Crippen LogP contribution < -0.4 is 5.32 Å². The normalized spacial score (nSPS) is 26.9. The van der Waals surface area contributed by atoms with Crippen molar-refractivity contribution in [2.75, 3.05) is 33.4 Å². The van der Waals surface area contributed by atoms with E-state index < -0.39 is 0 Å². The Balaban J connectivity index is 2.71. The molecule has 1 rings (SSSR count). The number of rotatable bonds is 8. The summed E-state index contributed by atoms with van der Waals surface area (Å²) in [6.07, 6.45) is 4.25. The van der Waals surface area contributed by atoms with Crippen molar-refractivity contribution >= 4 is 0 Å². The topological polar surface area (TPSA) is 48.3 Å². The molecule has 0 bridgehead atoms. The molecule has 0 heterocycles. The Morgan fingerprint density at radius 1 is 1.50 bits per heavy atom. The van der Waals surface area contributed by atoms with Crippen LogP contribution in [0.2, 0.25) is 0 Å². The molecule has 0 spiro atoms. The van der Waals surface area contributed by atoms with E-state index in [0.29, 0.717) is 12.0 Å². The summed E-state index contributed by atoms with van der Waals surface area (Å²) in [5, 5.41) is 13.0. The van der Waals surface area contributed by atoms with Crippen LogP contribution in [0.4, 0.5) is 0 Å². The van der Waals surface area contributed by atoms with Crippen molar-refractivity contribution in [1.82, 2.24) is 10.2 Å². The summed E-state index contributed by atoms with van der Waals surface area (Å²) < 4.78 is 5.25. The van der Waals surface area contributed by atoms with Gasteiger partial charge in [0.15, 0.2) is 0 Å². The number of hydrogen-bond acceptors (Lipinski definition) is 4. The minimum atomic E-state index is -0.319. The Kier molecular flexibility index (Phi) is 7.50. The van der Waals surface area contributed by atoms with Gasteiger partial charge in [-0.25, -0.2) is 0 Å². The summed E-state index contributed by atoms with van der Waals surface area (Å²) in [6, 6.07) is 3.04. The van der Waals surface area contributed by atoms with Crippen LogP contribution in [0.1, 0.15) is 46.5 Å². The molecule has 2 unspecified atom stereocenters. The average molecular weight is 281 g/mol. The predicted octanol–water partition coefficient (Wildman–Crippen LogP) is 2.41. The van der Waals surface area contributed by atoms with Crippen molar-refractivity contribution in [2.45, 2.75) is 58.0 Å². The van der Waals surface area contributed by atoms with E-state index in [4.69, 9.17) is 4.74 Å². The van der Waals surface area contributed by atoms with Crippen molar-refractivity contribution in [3.05, 3.63) is 0 Å². The maximum absolute atomic E-state index is 9.57. The minimum absolute atomic E-state index is 0.319. The SMILES string of the molecule is CCNC1(C#N)CCCC(N(CCOC)CC(C)C)C1. The lowest BCUT2D eigenvalue weighted by Gasteiger charge is -2.42. The number of ether oxygens (including phenoxy) is 1. The molecular weight excluding hydrogens is 250 g/mol. The molecule has 0 aromatic carbocycles. The van der Waals surface area contributed by atoms with E-state index in [-0.39, 0.29) is 5.54 Å². The van der Waals surface area contributed by atoms with Gasteiger partial charge in [0.1, 0.15) is 5.54 Å². The molecule has 0 amide bonds. The number of methoxy groups -OCH3 is 1. The maximum Gasteiger partial charge on any atom is 0.108 e. The molecule has 116 valence electrons. The third kappa shape index (κ3) is 5.05. The van der Waals surface area contributed by atoms with Crippen LogP contribution in [0, 0.1) is 17.2 Å². The summed E-state index contributed by atoms with van der Waals surface area (Å²) in [5.74, 6) is 0.643. The van der Waals surface area contributed by atoms with Gasteiger partial charge in [0.25, 0.3) is 0 Å². The minimum Gasteiger partial charge on any atom is -0.383 e. The van der Waals surface area contributed by atoms with Crippen LogP contribution in [-0.2, 0) is 4.74 Å². The van der Waals surface area contributed by atoms with E-state index in [1.807, 2.05) is 0 Å². The third-order valence-electron chi connectivity index (χ3n) is 4.15. The molecule has 0 saturated heterocycles. The van der Waals surface area contributed by atoms with Crippen LogP contribution in [-0.4, -0.2) is 49.8 Å². The van der Waals surface area contributed by atoms with Gasteiger partial charge >= 0.3 is 0 Å². The summed E-state index contributed by atoms with van der Waals surface area (Å²) >= 11 is 0. The first-order chi connectivity index (χ1) is 9.56. The molecule has 0 aromatic rings. The van der Waals surface area contributed by atoms with Gasteiger partial charge in [-0.05, 0) is 38.1 Å². The van der Waals surface area contributed by atoms with Gasteiger partial charge in [0, 0.05) is 26.2 Å². The Morgan fingerprint density at radius 3 is 2.80 bits per heavy atom. The van der Waals surface area contributed by atoms with Crippen LogP contribution in [0.5, 0.6) is 0 Å². The fourth-order valence-corrected chi connectivity index (χ4v) is 3.30. The van der Waals surface area contributed by atoms with Gasteiger partial charge in [0.2, 0.25) is 0 Å². The molecule has 0 radical (unpaired) electrons. The molecule has 4 nitrogen and oxygen atoms in total. The molecule has 2 atom stereocenters. The monoisotopic (exact) mass is 281 g/mol. The smallest absolute Gasteiger partial charge is 0.108 e. The lowest BCUT2D eigenvalue weighted by atomic mass is 9.79. The number of nitriles is 1. The molecule has 20 heavy (non-hydrogen) atoms. The fraction of sp³-hybridized carbons (Fsp3) is 0.938. The molecule has 4 heteroatoms. The quantitative estimate of drug-likeness (QED) is 0.742. The van der Waals surface area contributed by atoms with Crippen molar-refractivity contribution in [3.63, 3.8) is 0 Å². The van der Waals surface area contributed by atoms with Crippen LogP contribution in [0.3, 0.4) is 0 Å². The van der Waals surface area contributed by atoms with Gasteiger partial charge in [-0.1, -0.05) is 20.8 Å². The molecule has 1 N–H and O–H groups in total. The van der Waals surface area contributed by atoms with Gasteiger partial charge in [-0.2, -0.15) is 5.26 Å². The van der Waals surface area contributed by atoms with E-state index in [9.17, 15) is 5.26 Å². The molecule has 1 aliphatic rings. The predicted molar refractivity (Wildman–Crippen MR) is 82.6 cm³/mol.